The molecule has 0 aliphatic carbocycles. The second-order valence-electron chi connectivity index (χ2n) is 3.87. The van der Waals surface area contributed by atoms with Crippen LogP contribution in [-0.2, 0) is 0 Å². The second-order valence-corrected chi connectivity index (χ2v) is 5.55. The van der Waals surface area contributed by atoms with Gasteiger partial charge in [0, 0.05) is 10.7 Å². The van der Waals surface area contributed by atoms with Crippen LogP contribution < -0.4 is 5.32 Å². The highest BCUT2D eigenvalue weighted by molar-refractivity contribution is 9.10. The molecule has 0 fully saturated rings. The van der Waals surface area contributed by atoms with Gasteiger partial charge in [-0.3, -0.25) is 4.79 Å². The van der Waals surface area contributed by atoms with E-state index < -0.39 is 0 Å². The molecule has 1 aromatic heterocycles. The molecular weight excluding hydrogens is 351 g/mol. The zero-order chi connectivity index (χ0) is 14.0. The summed E-state index contributed by atoms with van der Waals surface area (Å²) in [5.41, 5.74) is 1.69. The van der Waals surface area contributed by atoms with Crippen LogP contribution in [0.1, 0.15) is 15.9 Å². The van der Waals surface area contributed by atoms with Crippen molar-refractivity contribution in [3.05, 3.63) is 56.2 Å². The fraction of sp³-hybridized carbons (Fsp3) is 0.0769. The lowest BCUT2D eigenvalue weighted by atomic mass is 10.2. The van der Waals surface area contributed by atoms with Crippen molar-refractivity contribution in [2.45, 2.75) is 6.92 Å². The molecule has 3 nitrogen and oxygen atoms in total. The summed E-state index contributed by atoms with van der Waals surface area (Å²) in [6.45, 7) is 1.84. The molecule has 0 saturated carbocycles. The predicted octanol–water partition coefficient (Wildman–Crippen LogP) is 4.71. The average molecular weight is 360 g/mol. The fourth-order valence-electron chi connectivity index (χ4n) is 1.53. The van der Waals surface area contributed by atoms with Gasteiger partial charge in [-0.2, -0.15) is 0 Å². The number of aromatic nitrogens is 1. The van der Waals surface area contributed by atoms with Crippen molar-refractivity contribution in [1.29, 1.82) is 0 Å². The zero-order valence-corrected chi connectivity index (χ0v) is 13.0. The molecule has 0 radical (unpaired) electrons. The number of halogens is 3. The van der Waals surface area contributed by atoms with Crippen molar-refractivity contribution in [3.63, 3.8) is 0 Å². The molecule has 0 unspecified atom stereocenters. The normalized spacial score (nSPS) is 10.3. The molecule has 1 N–H and O–H groups in total. The zero-order valence-electron chi connectivity index (χ0n) is 9.88. The van der Waals surface area contributed by atoms with E-state index in [1.165, 1.54) is 0 Å². The standard InChI is InChI=1S/C13H9BrCl2N2O/c1-7-4-5-17-12(16)11(7)18-13(19)9-6-8(14)2-3-10(9)15/h2-6H,1H3,(H,18,19). The van der Waals surface area contributed by atoms with Gasteiger partial charge in [-0.1, -0.05) is 39.1 Å². The molecule has 1 aromatic carbocycles. The van der Waals surface area contributed by atoms with Gasteiger partial charge in [0.2, 0.25) is 0 Å². The molecule has 2 aromatic rings. The summed E-state index contributed by atoms with van der Waals surface area (Å²) in [5.74, 6) is -0.329. The first-order chi connectivity index (χ1) is 8.99. The number of hydrogen-bond acceptors (Lipinski definition) is 2. The summed E-state index contributed by atoms with van der Waals surface area (Å²) in [5, 5.41) is 3.35. The Morgan fingerprint density at radius 2 is 2.05 bits per heavy atom. The third kappa shape index (κ3) is 3.26. The van der Waals surface area contributed by atoms with Crippen LogP contribution in [0.5, 0.6) is 0 Å². The SMILES string of the molecule is Cc1ccnc(Cl)c1NC(=O)c1cc(Br)ccc1Cl. The van der Waals surface area contributed by atoms with Gasteiger partial charge in [0.15, 0.2) is 5.15 Å². The molecule has 0 saturated heterocycles. The molecule has 0 atom stereocenters. The van der Waals surface area contributed by atoms with Gasteiger partial charge in [0.1, 0.15) is 0 Å². The van der Waals surface area contributed by atoms with Gasteiger partial charge in [-0.25, -0.2) is 4.98 Å². The van der Waals surface area contributed by atoms with Crippen LogP contribution in [0.25, 0.3) is 0 Å². The number of amides is 1. The molecule has 19 heavy (non-hydrogen) atoms. The fourth-order valence-corrected chi connectivity index (χ4v) is 2.34. The molecule has 1 heterocycles. The molecule has 0 bridgehead atoms. The third-order valence-electron chi connectivity index (χ3n) is 2.52. The van der Waals surface area contributed by atoms with Gasteiger partial charge in [-0.15, -0.1) is 0 Å². The number of nitrogens with one attached hydrogen (secondary N) is 1. The van der Waals surface area contributed by atoms with Crippen molar-refractivity contribution in [2.75, 3.05) is 5.32 Å². The Bertz CT molecular complexity index is 626. The number of anilines is 1. The minimum atomic E-state index is -0.329. The van der Waals surface area contributed by atoms with E-state index in [1.54, 1.807) is 30.5 Å². The summed E-state index contributed by atoms with van der Waals surface area (Å²) < 4.78 is 0.774. The van der Waals surface area contributed by atoms with E-state index in [1.807, 2.05) is 6.92 Å². The first kappa shape index (κ1) is 14.3. The minimum Gasteiger partial charge on any atom is -0.319 e. The highest BCUT2D eigenvalue weighted by atomic mass is 79.9. The number of hydrogen-bond donors (Lipinski definition) is 1. The molecule has 0 spiro atoms. The Labute approximate surface area is 129 Å². The molecule has 0 aliphatic rings. The predicted molar refractivity (Wildman–Crippen MR) is 81.1 cm³/mol. The first-order valence-electron chi connectivity index (χ1n) is 5.36. The average Bonchev–Trinajstić information content (AvgIpc) is 2.37. The van der Waals surface area contributed by atoms with Crippen LogP contribution in [0.15, 0.2) is 34.9 Å². The molecule has 2 rings (SSSR count). The van der Waals surface area contributed by atoms with Crippen molar-refractivity contribution in [3.8, 4) is 0 Å². The smallest absolute Gasteiger partial charge is 0.257 e. The first-order valence-corrected chi connectivity index (χ1v) is 6.91. The lowest BCUT2D eigenvalue weighted by Crippen LogP contribution is -2.14. The second kappa shape index (κ2) is 5.90. The van der Waals surface area contributed by atoms with Crippen molar-refractivity contribution < 1.29 is 4.79 Å². The van der Waals surface area contributed by atoms with E-state index in [-0.39, 0.29) is 11.1 Å². The maximum atomic E-state index is 12.2. The summed E-state index contributed by atoms with van der Waals surface area (Å²) in [4.78, 5) is 16.1. The monoisotopic (exact) mass is 358 g/mol. The Kier molecular flexibility index (Phi) is 4.45. The van der Waals surface area contributed by atoms with Crippen LogP contribution in [0, 0.1) is 6.92 Å². The highest BCUT2D eigenvalue weighted by Crippen LogP contribution is 2.26. The van der Waals surface area contributed by atoms with Crippen molar-refractivity contribution >= 4 is 50.7 Å². The van der Waals surface area contributed by atoms with E-state index >= 15 is 0 Å². The number of carbonyl (C=O) groups is 1. The van der Waals surface area contributed by atoms with Gasteiger partial charge in [-0.05, 0) is 36.8 Å². The van der Waals surface area contributed by atoms with Crippen LogP contribution in [0.4, 0.5) is 5.69 Å². The topological polar surface area (TPSA) is 42.0 Å². The number of rotatable bonds is 2. The quantitative estimate of drug-likeness (QED) is 0.789. The van der Waals surface area contributed by atoms with E-state index in [0.29, 0.717) is 16.3 Å². The van der Waals surface area contributed by atoms with Crippen molar-refractivity contribution in [1.82, 2.24) is 4.98 Å². The maximum absolute atomic E-state index is 12.2. The number of benzene rings is 1. The molecule has 0 aliphatic heterocycles. The lowest BCUT2D eigenvalue weighted by molar-refractivity contribution is 0.102. The number of pyridine rings is 1. The van der Waals surface area contributed by atoms with E-state index in [2.05, 4.69) is 26.2 Å². The van der Waals surface area contributed by atoms with Gasteiger partial charge >= 0.3 is 0 Å². The van der Waals surface area contributed by atoms with Crippen LogP contribution in [0.2, 0.25) is 10.2 Å². The highest BCUT2D eigenvalue weighted by Gasteiger charge is 2.14. The minimum absolute atomic E-state index is 0.250. The summed E-state index contributed by atoms with van der Waals surface area (Å²) in [6, 6.07) is 6.83. The number of aryl methyl sites for hydroxylation is 1. The Morgan fingerprint density at radius 1 is 1.32 bits per heavy atom. The Balaban J connectivity index is 2.34. The van der Waals surface area contributed by atoms with Gasteiger partial charge < -0.3 is 5.32 Å². The van der Waals surface area contributed by atoms with Crippen LogP contribution in [0.3, 0.4) is 0 Å². The summed E-state index contributed by atoms with van der Waals surface area (Å²) in [7, 11) is 0. The van der Waals surface area contributed by atoms with Gasteiger partial charge in [0.05, 0.1) is 16.3 Å². The molecule has 98 valence electrons. The Hall–Kier alpha value is -1.10. The van der Waals surface area contributed by atoms with Crippen molar-refractivity contribution in [2.24, 2.45) is 0 Å². The maximum Gasteiger partial charge on any atom is 0.257 e. The largest absolute Gasteiger partial charge is 0.319 e. The molecule has 6 heteroatoms. The van der Waals surface area contributed by atoms with E-state index in [9.17, 15) is 4.79 Å². The van der Waals surface area contributed by atoms with E-state index in [4.69, 9.17) is 23.2 Å². The van der Waals surface area contributed by atoms with Gasteiger partial charge in [0.25, 0.3) is 5.91 Å². The van der Waals surface area contributed by atoms with Crippen LogP contribution in [-0.4, -0.2) is 10.9 Å². The van der Waals surface area contributed by atoms with Crippen LogP contribution >= 0.6 is 39.1 Å². The third-order valence-corrected chi connectivity index (χ3v) is 3.63. The number of nitrogens with zero attached hydrogens (tertiary/aromatic N) is 1. The summed E-state index contributed by atoms with van der Waals surface area (Å²) in [6.07, 6.45) is 1.58. The van der Waals surface area contributed by atoms with E-state index in [0.717, 1.165) is 10.0 Å². The number of carbonyl (C=O) groups excluding carboxylic acids is 1. The molecular formula is C13H9BrCl2N2O. The summed E-state index contributed by atoms with van der Waals surface area (Å²) >= 11 is 15.3. The Morgan fingerprint density at radius 3 is 2.74 bits per heavy atom. The molecule has 1 amide bonds. The lowest BCUT2D eigenvalue weighted by Gasteiger charge is -2.10.